The van der Waals surface area contributed by atoms with E-state index in [4.69, 9.17) is 0 Å². The molecule has 2 aromatic heterocycles. The molecular weight excluding hydrogens is 424 g/mol. The van der Waals surface area contributed by atoms with Crippen molar-refractivity contribution >= 4 is 40.8 Å². The van der Waals surface area contributed by atoms with E-state index < -0.39 is 0 Å². The molecule has 1 fully saturated rings. The SMILES string of the molecule is O=C(Cn1c(O)c(/C=C2\C=Nc3ccccc32)sc1=O)N1CCCCC1c1cccnc1. The number of rotatable bonds is 4. The number of nitrogens with zero attached hydrogens (tertiary/aromatic N) is 4. The number of benzene rings is 1. The van der Waals surface area contributed by atoms with Crippen molar-refractivity contribution in [3.63, 3.8) is 0 Å². The van der Waals surface area contributed by atoms with Crippen molar-refractivity contribution in [3.8, 4) is 5.88 Å². The van der Waals surface area contributed by atoms with Gasteiger partial charge in [0.2, 0.25) is 11.8 Å². The van der Waals surface area contributed by atoms with Gasteiger partial charge < -0.3 is 10.0 Å². The van der Waals surface area contributed by atoms with E-state index in [-0.39, 0.29) is 29.2 Å². The largest absolute Gasteiger partial charge is 0.493 e. The second kappa shape index (κ2) is 8.55. The molecule has 0 radical (unpaired) electrons. The highest BCUT2D eigenvalue weighted by Gasteiger charge is 2.29. The number of aromatic hydroxyl groups is 1. The number of carbonyl (C=O) groups excluding carboxylic acids is 1. The molecule has 1 amide bonds. The molecule has 1 N–H and O–H groups in total. The fraction of sp³-hybridized carbons (Fsp3) is 0.250. The Kier molecular flexibility index (Phi) is 5.45. The minimum Gasteiger partial charge on any atom is -0.493 e. The third-order valence-electron chi connectivity index (χ3n) is 5.92. The van der Waals surface area contributed by atoms with Crippen LogP contribution in [0.3, 0.4) is 0 Å². The maximum Gasteiger partial charge on any atom is 0.311 e. The fourth-order valence-corrected chi connectivity index (χ4v) is 5.16. The Morgan fingerprint density at radius 3 is 2.94 bits per heavy atom. The summed E-state index contributed by atoms with van der Waals surface area (Å²) >= 11 is 0.927. The van der Waals surface area contributed by atoms with E-state index in [1.807, 2.05) is 41.3 Å². The molecule has 2 aliphatic rings. The van der Waals surface area contributed by atoms with Crippen LogP contribution in [-0.4, -0.2) is 38.2 Å². The third kappa shape index (κ3) is 3.78. The first-order valence-corrected chi connectivity index (χ1v) is 11.4. The molecule has 7 nitrogen and oxygen atoms in total. The monoisotopic (exact) mass is 446 g/mol. The van der Waals surface area contributed by atoms with E-state index in [9.17, 15) is 14.7 Å². The molecule has 0 bridgehead atoms. The summed E-state index contributed by atoms with van der Waals surface area (Å²) in [6.07, 6.45) is 9.78. The van der Waals surface area contributed by atoms with Crippen LogP contribution in [0.4, 0.5) is 5.69 Å². The Bertz CT molecular complexity index is 1280. The molecule has 5 rings (SSSR count). The van der Waals surface area contributed by atoms with Crippen LogP contribution in [0.5, 0.6) is 5.88 Å². The van der Waals surface area contributed by atoms with Gasteiger partial charge >= 0.3 is 4.87 Å². The van der Waals surface area contributed by atoms with Crippen molar-refractivity contribution < 1.29 is 9.90 Å². The lowest BCUT2D eigenvalue weighted by molar-refractivity contribution is -0.135. The molecule has 162 valence electrons. The zero-order valence-corrected chi connectivity index (χ0v) is 18.2. The Morgan fingerprint density at radius 2 is 2.09 bits per heavy atom. The molecule has 4 heterocycles. The van der Waals surface area contributed by atoms with Gasteiger partial charge in [-0.3, -0.25) is 24.1 Å². The zero-order valence-electron chi connectivity index (χ0n) is 17.3. The number of para-hydroxylation sites is 1. The van der Waals surface area contributed by atoms with E-state index in [1.165, 1.54) is 0 Å². The molecule has 0 spiro atoms. The average molecular weight is 447 g/mol. The molecule has 1 unspecified atom stereocenters. The molecule has 0 saturated carbocycles. The second-order valence-corrected chi connectivity index (χ2v) is 8.90. The topological polar surface area (TPSA) is 87.8 Å². The van der Waals surface area contributed by atoms with Crippen molar-refractivity contribution in [2.75, 3.05) is 6.54 Å². The highest BCUT2D eigenvalue weighted by Crippen LogP contribution is 2.35. The van der Waals surface area contributed by atoms with Crippen molar-refractivity contribution in [2.24, 2.45) is 4.99 Å². The maximum absolute atomic E-state index is 13.2. The van der Waals surface area contributed by atoms with Gasteiger partial charge in [-0.1, -0.05) is 35.6 Å². The van der Waals surface area contributed by atoms with Crippen LogP contribution in [0.2, 0.25) is 0 Å². The van der Waals surface area contributed by atoms with Gasteiger partial charge in [0.05, 0.1) is 16.6 Å². The van der Waals surface area contributed by atoms with Crippen LogP contribution in [0.15, 0.2) is 58.6 Å². The average Bonchev–Trinajstić information content (AvgIpc) is 3.36. The predicted octanol–water partition coefficient (Wildman–Crippen LogP) is 4.02. The summed E-state index contributed by atoms with van der Waals surface area (Å²) in [4.78, 5) is 36.2. The fourth-order valence-electron chi connectivity index (χ4n) is 4.32. The Labute approximate surface area is 189 Å². The molecule has 32 heavy (non-hydrogen) atoms. The van der Waals surface area contributed by atoms with Gasteiger partial charge in [0.25, 0.3) is 0 Å². The van der Waals surface area contributed by atoms with Crippen LogP contribution in [0, 0.1) is 0 Å². The third-order valence-corrected chi connectivity index (χ3v) is 6.84. The number of amides is 1. The van der Waals surface area contributed by atoms with Crippen molar-refractivity contribution in [3.05, 3.63) is 74.5 Å². The first-order valence-electron chi connectivity index (χ1n) is 10.6. The summed E-state index contributed by atoms with van der Waals surface area (Å²) < 4.78 is 1.16. The molecule has 8 heteroatoms. The van der Waals surface area contributed by atoms with Crippen LogP contribution < -0.4 is 4.87 Å². The van der Waals surface area contributed by atoms with Gasteiger partial charge in [-0.05, 0) is 43.0 Å². The quantitative estimate of drug-likeness (QED) is 0.656. The van der Waals surface area contributed by atoms with E-state index in [2.05, 4.69) is 9.98 Å². The first-order chi connectivity index (χ1) is 15.6. The van der Waals surface area contributed by atoms with Crippen LogP contribution in [0.1, 0.15) is 41.3 Å². The van der Waals surface area contributed by atoms with Gasteiger partial charge in [-0.25, -0.2) is 0 Å². The Balaban J connectivity index is 1.40. The standard InChI is InChI=1S/C24H22N4O3S/c29-22(27-11-4-3-9-20(27)16-6-5-10-25-13-16)15-28-23(30)21(32-24(28)31)12-17-14-26-19-8-2-1-7-18(17)19/h1-2,5-8,10,12-14,20,30H,3-4,9,11,15H2/b17-12+. The number of aliphatic imine (C=N–C) groups is 1. The van der Waals surface area contributed by atoms with E-state index >= 15 is 0 Å². The lowest BCUT2D eigenvalue weighted by atomic mass is 9.96. The second-order valence-electron chi connectivity index (χ2n) is 7.90. The normalized spacial score (nSPS) is 18.8. The number of carbonyl (C=O) groups is 1. The van der Waals surface area contributed by atoms with Gasteiger partial charge in [-0.15, -0.1) is 0 Å². The molecule has 1 atom stereocenters. The van der Waals surface area contributed by atoms with Crippen LogP contribution in [0.25, 0.3) is 11.6 Å². The predicted molar refractivity (Wildman–Crippen MR) is 125 cm³/mol. The molecule has 3 aromatic rings. The molecule has 0 aliphatic carbocycles. The molecule has 1 aromatic carbocycles. The number of fused-ring (bicyclic) bond motifs is 1. The summed E-state index contributed by atoms with van der Waals surface area (Å²) in [5.74, 6) is -0.366. The number of aromatic nitrogens is 2. The van der Waals surface area contributed by atoms with Crippen molar-refractivity contribution in [1.29, 1.82) is 0 Å². The Hall–Kier alpha value is -3.52. The van der Waals surface area contributed by atoms with Gasteiger partial charge in [-0.2, -0.15) is 0 Å². The van der Waals surface area contributed by atoms with E-state index in [1.54, 1.807) is 24.7 Å². The lowest BCUT2D eigenvalue weighted by Crippen LogP contribution is -2.41. The number of hydrogen-bond acceptors (Lipinski definition) is 6. The van der Waals surface area contributed by atoms with Gasteiger partial charge in [0.1, 0.15) is 6.54 Å². The summed E-state index contributed by atoms with van der Waals surface area (Å²) in [6, 6.07) is 11.5. The van der Waals surface area contributed by atoms with Gasteiger partial charge in [0, 0.05) is 36.3 Å². The number of pyridine rings is 1. The Morgan fingerprint density at radius 1 is 1.22 bits per heavy atom. The smallest absolute Gasteiger partial charge is 0.311 e. The first kappa shape index (κ1) is 20.4. The molecular formula is C24H22N4O3S. The van der Waals surface area contributed by atoms with Crippen LogP contribution in [-0.2, 0) is 11.3 Å². The van der Waals surface area contributed by atoms with Crippen molar-refractivity contribution in [1.82, 2.24) is 14.5 Å². The lowest BCUT2D eigenvalue weighted by Gasteiger charge is -2.36. The number of piperidine rings is 1. The summed E-state index contributed by atoms with van der Waals surface area (Å²) in [5.41, 5.74) is 3.62. The highest BCUT2D eigenvalue weighted by atomic mass is 32.1. The minimum absolute atomic E-state index is 0.0609. The highest BCUT2D eigenvalue weighted by molar-refractivity contribution is 7.10. The summed E-state index contributed by atoms with van der Waals surface area (Å²) in [5, 5.41) is 10.8. The molecule has 1 saturated heterocycles. The molecule has 2 aliphatic heterocycles. The zero-order chi connectivity index (χ0) is 22.1. The van der Waals surface area contributed by atoms with Gasteiger partial charge in [0.15, 0.2) is 0 Å². The summed E-state index contributed by atoms with van der Waals surface area (Å²) in [7, 11) is 0. The number of likely N-dealkylation sites (tertiary alicyclic amines) is 1. The van der Waals surface area contributed by atoms with E-state index in [0.717, 1.165) is 57.6 Å². The maximum atomic E-state index is 13.2. The van der Waals surface area contributed by atoms with E-state index in [0.29, 0.717) is 11.4 Å². The minimum atomic E-state index is -0.360. The number of allylic oxidation sites excluding steroid dienone is 1. The number of thiazole rings is 1. The van der Waals surface area contributed by atoms with Crippen molar-refractivity contribution in [2.45, 2.75) is 31.8 Å². The van der Waals surface area contributed by atoms with Crippen LogP contribution >= 0.6 is 11.3 Å². The number of hydrogen-bond donors (Lipinski definition) is 1. The summed E-state index contributed by atoms with van der Waals surface area (Å²) in [6.45, 7) is 0.438.